The summed E-state index contributed by atoms with van der Waals surface area (Å²) in [6.07, 6.45) is 0.111. The predicted molar refractivity (Wildman–Crippen MR) is 77.4 cm³/mol. The first-order valence-corrected chi connectivity index (χ1v) is 6.53. The molecule has 0 fully saturated rings. The van der Waals surface area contributed by atoms with E-state index in [0.29, 0.717) is 0 Å². The standard InChI is InChI=1S/C15H12F2N4O2/c1-21(14-11(8-18)3-2-5-20-14)15(22)10-4-6-19-13(7-10)23-9-12(16)17/h2-7,12H,9H2,1H3. The molecule has 0 saturated heterocycles. The molecule has 8 heteroatoms. The van der Waals surface area contributed by atoms with E-state index in [0.717, 1.165) is 0 Å². The van der Waals surface area contributed by atoms with Gasteiger partial charge in [-0.15, -0.1) is 0 Å². The van der Waals surface area contributed by atoms with Gasteiger partial charge in [-0.3, -0.25) is 9.69 Å². The SMILES string of the molecule is CN(C(=O)c1ccnc(OCC(F)F)c1)c1ncccc1C#N. The molecule has 0 aliphatic carbocycles. The van der Waals surface area contributed by atoms with Gasteiger partial charge in [0.2, 0.25) is 5.88 Å². The number of anilines is 1. The van der Waals surface area contributed by atoms with E-state index in [1.165, 1.54) is 42.5 Å². The molecule has 23 heavy (non-hydrogen) atoms. The zero-order valence-electron chi connectivity index (χ0n) is 12.1. The highest BCUT2D eigenvalue weighted by Crippen LogP contribution is 2.18. The Hall–Kier alpha value is -3.08. The molecule has 0 atom stereocenters. The fourth-order valence-electron chi connectivity index (χ4n) is 1.81. The van der Waals surface area contributed by atoms with Crippen molar-refractivity contribution in [3.05, 3.63) is 47.8 Å². The summed E-state index contributed by atoms with van der Waals surface area (Å²) in [6, 6.07) is 7.75. The van der Waals surface area contributed by atoms with Gasteiger partial charge in [-0.25, -0.2) is 18.7 Å². The minimum atomic E-state index is -2.63. The van der Waals surface area contributed by atoms with E-state index in [2.05, 4.69) is 9.97 Å². The first kappa shape index (κ1) is 16.3. The van der Waals surface area contributed by atoms with Crippen LogP contribution in [0.5, 0.6) is 5.88 Å². The van der Waals surface area contributed by atoms with Crippen LogP contribution in [0.15, 0.2) is 36.7 Å². The van der Waals surface area contributed by atoms with Crippen LogP contribution in [0.2, 0.25) is 0 Å². The van der Waals surface area contributed by atoms with E-state index in [1.807, 2.05) is 6.07 Å². The van der Waals surface area contributed by atoms with Crippen LogP contribution in [0.25, 0.3) is 0 Å². The third-order valence-electron chi connectivity index (χ3n) is 2.87. The molecule has 6 nitrogen and oxygen atoms in total. The van der Waals surface area contributed by atoms with Crippen LogP contribution in [0.4, 0.5) is 14.6 Å². The number of ether oxygens (including phenoxy) is 1. The quantitative estimate of drug-likeness (QED) is 0.845. The third-order valence-corrected chi connectivity index (χ3v) is 2.87. The summed E-state index contributed by atoms with van der Waals surface area (Å²) in [4.78, 5) is 21.4. The summed E-state index contributed by atoms with van der Waals surface area (Å²) in [5.41, 5.74) is 0.424. The van der Waals surface area contributed by atoms with Crippen molar-refractivity contribution in [2.45, 2.75) is 6.43 Å². The van der Waals surface area contributed by atoms with Crippen molar-refractivity contribution in [1.82, 2.24) is 9.97 Å². The average Bonchev–Trinajstić information content (AvgIpc) is 2.58. The number of alkyl halides is 2. The van der Waals surface area contributed by atoms with Gasteiger partial charge in [-0.05, 0) is 18.2 Å². The topological polar surface area (TPSA) is 79.1 Å². The number of aromatic nitrogens is 2. The molecule has 2 aromatic rings. The van der Waals surface area contributed by atoms with E-state index in [9.17, 15) is 13.6 Å². The molecule has 2 heterocycles. The lowest BCUT2D eigenvalue weighted by Crippen LogP contribution is -2.28. The summed E-state index contributed by atoms with van der Waals surface area (Å²) >= 11 is 0. The highest BCUT2D eigenvalue weighted by atomic mass is 19.3. The summed E-state index contributed by atoms with van der Waals surface area (Å²) in [7, 11) is 1.46. The molecular formula is C15H12F2N4O2. The first-order chi connectivity index (χ1) is 11.0. The van der Waals surface area contributed by atoms with Crippen LogP contribution >= 0.6 is 0 Å². The van der Waals surface area contributed by atoms with Crippen molar-refractivity contribution in [1.29, 1.82) is 5.26 Å². The Bertz CT molecular complexity index is 746. The van der Waals surface area contributed by atoms with Crippen molar-refractivity contribution in [2.24, 2.45) is 0 Å². The summed E-state index contributed by atoms with van der Waals surface area (Å²) in [5, 5.41) is 9.06. The van der Waals surface area contributed by atoms with Gasteiger partial charge in [0, 0.05) is 31.1 Å². The normalized spacial score (nSPS) is 10.2. The Morgan fingerprint density at radius 1 is 1.39 bits per heavy atom. The maximum atomic E-state index is 12.4. The smallest absolute Gasteiger partial charge is 0.272 e. The van der Waals surface area contributed by atoms with Crippen molar-refractivity contribution < 1.29 is 18.3 Å². The average molecular weight is 318 g/mol. The molecule has 2 rings (SSSR count). The second-order valence-corrected chi connectivity index (χ2v) is 4.44. The Labute approximate surface area is 131 Å². The number of amides is 1. The third kappa shape index (κ3) is 3.97. The van der Waals surface area contributed by atoms with Gasteiger partial charge in [-0.1, -0.05) is 0 Å². The highest BCUT2D eigenvalue weighted by Gasteiger charge is 2.18. The molecule has 0 aromatic carbocycles. The molecule has 0 aliphatic heterocycles. The molecule has 0 aliphatic rings. The molecule has 118 valence electrons. The molecule has 0 saturated carbocycles. The molecule has 2 aromatic heterocycles. The number of hydrogen-bond donors (Lipinski definition) is 0. The fraction of sp³-hybridized carbons (Fsp3) is 0.200. The van der Waals surface area contributed by atoms with Gasteiger partial charge >= 0.3 is 0 Å². The van der Waals surface area contributed by atoms with Gasteiger partial charge in [0.1, 0.15) is 6.07 Å². The van der Waals surface area contributed by atoms with Crippen molar-refractivity contribution in [3.63, 3.8) is 0 Å². The molecule has 0 radical (unpaired) electrons. The van der Waals surface area contributed by atoms with E-state index in [4.69, 9.17) is 10.00 Å². The minimum Gasteiger partial charge on any atom is -0.472 e. The van der Waals surface area contributed by atoms with Gasteiger partial charge in [0.05, 0.1) is 5.56 Å². The van der Waals surface area contributed by atoms with Crippen LogP contribution in [-0.2, 0) is 0 Å². The maximum Gasteiger partial charge on any atom is 0.272 e. The molecule has 0 N–H and O–H groups in total. The van der Waals surface area contributed by atoms with E-state index in [-0.39, 0.29) is 22.8 Å². The van der Waals surface area contributed by atoms with Gasteiger partial charge in [0.15, 0.2) is 12.4 Å². The van der Waals surface area contributed by atoms with E-state index >= 15 is 0 Å². The van der Waals surface area contributed by atoms with Crippen LogP contribution < -0.4 is 9.64 Å². The number of nitriles is 1. The van der Waals surface area contributed by atoms with Gasteiger partial charge in [-0.2, -0.15) is 5.26 Å². The highest BCUT2D eigenvalue weighted by molar-refractivity contribution is 6.05. The summed E-state index contributed by atoms with van der Waals surface area (Å²) in [6.45, 7) is -0.806. The van der Waals surface area contributed by atoms with Gasteiger partial charge < -0.3 is 4.74 Å². The lowest BCUT2D eigenvalue weighted by Gasteiger charge is -2.17. The first-order valence-electron chi connectivity index (χ1n) is 6.53. The van der Waals surface area contributed by atoms with Crippen molar-refractivity contribution >= 4 is 11.7 Å². The number of carbonyl (C=O) groups is 1. The predicted octanol–water partition coefficient (Wildman–Crippen LogP) is 2.27. The lowest BCUT2D eigenvalue weighted by atomic mass is 10.2. The number of nitrogens with zero attached hydrogens (tertiary/aromatic N) is 4. The molecule has 0 bridgehead atoms. The summed E-state index contributed by atoms with van der Waals surface area (Å²) < 4.78 is 29.1. The molecule has 0 unspecified atom stereocenters. The molecular weight excluding hydrogens is 306 g/mol. The molecule has 1 amide bonds. The lowest BCUT2D eigenvalue weighted by molar-refractivity contribution is 0.0795. The van der Waals surface area contributed by atoms with Crippen molar-refractivity contribution in [3.8, 4) is 11.9 Å². The van der Waals surface area contributed by atoms with Gasteiger partial charge in [0.25, 0.3) is 12.3 Å². The number of carbonyl (C=O) groups excluding carboxylic acids is 1. The monoisotopic (exact) mass is 318 g/mol. The maximum absolute atomic E-state index is 12.4. The zero-order valence-corrected chi connectivity index (χ0v) is 12.1. The number of hydrogen-bond acceptors (Lipinski definition) is 5. The second-order valence-electron chi connectivity index (χ2n) is 4.44. The van der Waals surface area contributed by atoms with Crippen LogP contribution in [0.1, 0.15) is 15.9 Å². The minimum absolute atomic E-state index is 0.0777. The summed E-state index contributed by atoms with van der Waals surface area (Å²) in [5.74, 6) is -0.345. The number of halogens is 2. The Morgan fingerprint density at radius 2 is 2.17 bits per heavy atom. The number of pyridine rings is 2. The van der Waals surface area contributed by atoms with Crippen molar-refractivity contribution in [2.75, 3.05) is 18.6 Å². The largest absolute Gasteiger partial charge is 0.472 e. The Kier molecular flexibility index (Phi) is 5.15. The number of rotatable bonds is 5. The van der Waals surface area contributed by atoms with Crippen LogP contribution in [0.3, 0.4) is 0 Å². The van der Waals surface area contributed by atoms with Crippen LogP contribution in [-0.4, -0.2) is 36.0 Å². The molecule has 0 spiro atoms. The van der Waals surface area contributed by atoms with E-state index in [1.54, 1.807) is 6.07 Å². The van der Waals surface area contributed by atoms with E-state index < -0.39 is 18.9 Å². The Balaban J connectivity index is 2.23. The Morgan fingerprint density at radius 3 is 2.87 bits per heavy atom. The second kappa shape index (κ2) is 7.26. The van der Waals surface area contributed by atoms with Crippen LogP contribution in [0, 0.1) is 11.3 Å². The zero-order chi connectivity index (χ0) is 16.8. The fourth-order valence-corrected chi connectivity index (χ4v) is 1.81.